The predicted octanol–water partition coefficient (Wildman–Crippen LogP) is 2.49. The summed E-state index contributed by atoms with van der Waals surface area (Å²) in [6.07, 6.45) is 0. The lowest BCUT2D eigenvalue weighted by atomic mass is 10.1. The molecular weight excluding hydrogens is 258 g/mol. The summed E-state index contributed by atoms with van der Waals surface area (Å²) in [6.45, 7) is 5.37. The summed E-state index contributed by atoms with van der Waals surface area (Å²) in [4.78, 5) is 22.1. The number of halogens is 1. The third kappa shape index (κ3) is 3.41. The molecule has 0 aromatic heterocycles. The first kappa shape index (κ1) is 14.4. The minimum Gasteiger partial charge on any atom is -0.270 e. The Hall–Kier alpha value is -1.66. The van der Waals surface area contributed by atoms with E-state index in [-0.39, 0.29) is 11.3 Å². The molecule has 0 aliphatic carbocycles. The van der Waals surface area contributed by atoms with Gasteiger partial charge in [-0.05, 0) is 26.8 Å². The summed E-state index contributed by atoms with van der Waals surface area (Å²) in [7, 11) is 0. The summed E-state index contributed by atoms with van der Waals surface area (Å²) in [6, 6.07) is 5.69. The van der Waals surface area contributed by atoms with Gasteiger partial charge in [-0.1, -0.05) is 12.1 Å². The third-order valence-electron chi connectivity index (χ3n) is 2.13. The van der Waals surface area contributed by atoms with Crippen molar-refractivity contribution in [2.24, 2.45) is 0 Å². The van der Waals surface area contributed by atoms with Crippen LogP contribution in [0.15, 0.2) is 24.3 Å². The zero-order chi connectivity index (χ0) is 13.9. The number of hydrogen-bond donors (Lipinski definition) is 1. The van der Waals surface area contributed by atoms with E-state index in [0.717, 1.165) is 4.53 Å². The molecule has 1 amide bonds. The largest absolute Gasteiger partial charge is 0.282 e. The summed E-state index contributed by atoms with van der Waals surface area (Å²) >= 11 is 5.87. The van der Waals surface area contributed by atoms with E-state index >= 15 is 0 Å². The average molecular weight is 272 g/mol. The number of carbonyl (C=O) groups excluding carboxylic acids is 1. The molecule has 6 nitrogen and oxygen atoms in total. The number of rotatable bonds is 3. The molecule has 0 unspecified atom stereocenters. The highest BCUT2D eigenvalue weighted by atomic mass is 35.5. The first-order valence-electron chi connectivity index (χ1n) is 5.24. The molecule has 1 rings (SSSR count). The number of benzene rings is 1. The highest BCUT2D eigenvalue weighted by molar-refractivity contribution is 6.15. The highest BCUT2D eigenvalue weighted by Gasteiger charge is 2.25. The van der Waals surface area contributed by atoms with Gasteiger partial charge in [0, 0.05) is 23.4 Å². The lowest BCUT2D eigenvalue weighted by Crippen LogP contribution is -2.46. The van der Waals surface area contributed by atoms with E-state index in [0.29, 0.717) is 0 Å². The third-order valence-corrected chi connectivity index (χ3v) is 2.73. The summed E-state index contributed by atoms with van der Waals surface area (Å²) < 4.78 is 1.09. The molecule has 0 fully saturated rings. The minimum atomic E-state index is -0.618. The monoisotopic (exact) mass is 271 g/mol. The van der Waals surface area contributed by atoms with Crippen LogP contribution in [-0.2, 0) is 0 Å². The van der Waals surface area contributed by atoms with Gasteiger partial charge in [-0.3, -0.25) is 20.3 Å². The van der Waals surface area contributed by atoms with E-state index in [9.17, 15) is 14.9 Å². The van der Waals surface area contributed by atoms with Crippen molar-refractivity contribution in [3.05, 3.63) is 39.9 Å². The van der Waals surface area contributed by atoms with Crippen molar-refractivity contribution in [3.8, 4) is 0 Å². The lowest BCUT2D eigenvalue weighted by molar-refractivity contribution is -0.385. The predicted molar refractivity (Wildman–Crippen MR) is 68.0 cm³/mol. The topological polar surface area (TPSA) is 75.5 Å². The molecule has 0 saturated heterocycles. The van der Waals surface area contributed by atoms with Gasteiger partial charge in [0.05, 0.1) is 4.92 Å². The molecule has 0 aliphatic rings. The smallest absolute Gasteiger partial charge is 0.270 e. The second-order valence-electron chi connectivity index (χ2n) is 4.67. The number of nitro groups is 1. The molecule has 0 bridgehead atoms. The van der Waals surface area contributed by atoms with Crippen LogP contribution in [0.1, 0.15) is 31.1 Å². The fraction of sp³-hybridized carbons (Fsp3) is 0.364. The normalized spacial score (nSPS) is 11.4. The SMILES string of the molecule is CC(C)(C)N(Cl)NC(=O)c1ccccc1[N+](=O)[O-]. The van der Waals surface area contributed by atoms with Crippen molar-refractivity contribution in [3.63, 3.8) is 0 Å². The Morgan fingerprint density at radius 2 is 1.94 bits per heavy atom. The van der Waals surface area contributed by atoms with Gasteiger partial charge in [0.15, 0.2) is 0 Å². The standard InChI is InChI=1S/C11H14ClN3O3/c1-11(2,3)15(12)13-10(16)8-6-4-5-7-9(8)14(17)18/h4-7H,1-3H3,(H,13,16). The number of amides is 1. The van der Waals surface area contributed by atoms with E-state index in [1.54, 1.807) is 26.8 Å². The molecule has 1 aromatic rings. The van der Waals surface area contributed by atoms with E-state index < -0.39 is 16.4 Å². The molecule has 0 aliphatic heterocycles. The summed E-state index contributed by atoms with van der Waals surface area (Å²) in [5, 5.41) is 10.8. The maximum absolute atomic E-state index is 11.9. The molecular formula is C11H14ClN3O3. The van der Waals surface area contributed by atoms with E-state index in [2.05, 4.69) is 5.43 Å². The summed E-state index contributed by atoms with van der Waals surface area (Å²) in [5.74, 6) is -0.618. The number of para-hydroxylation sites is 1. The molecule has 0 atom stereocenters. The van der Waals surface area contributed by atoms with Crippen LogP contribution in [0, 0.1) is 10.1 Å². The van der Waals surface area contributed by atoms with Crippen LogP contribution in [0.25, 0.3) is 0 Å². The Bertz CT molecular complexity index is 471. The van der Waals surface area contributed by atoms with Crippen LogP contribution in [0.5, 0.6) is 0 Å². The maximum atomic E-state index is 11.9. The first-order valence-corrected chi connectivity index (χ1v) is 5.57. The zero-order valence-electron chi connectivity index (χ0n) is 10.3. The van der Waals surface area contributed by atoms with E-state index in [1.807, 2.05) is 0 Å². The van der Waals surface area contributed by atoms with Crippen LogP contribution in [0.4, 0.5) is 5.69 Å². The first-order chi connectivity index (χ1) is 8.23. The molecule has 1 aromatic carbocycles. The molecule has 0 radical (unpaired) electrons. The van der Waals surface area contributed by atoms with Crippen molar-refractivity contribution < 1.29 is 9.72 Å². The Morgan fingerprint density at radius 3 is 2.44 bits per heavy atom. The minimum absolute atomic E-state index is 0.0302. The van der Waals surface area contributed by atoms with Crippen molar-refractivity contribution in [2.45, 2.75) is 26.3 Å². The number of nitrogens with zero attached hydrogens (tertiary/aromatic N) is 2. The van der Waals surface area contributed by atoms with Gasteiger partial charge >= 0.3 is 0 Å². The Labute approximate surface area is 110 Å². The number of nitrogens with one attached hydrogen (secondary N) is 1. The number of carbonyl (C=O) groups is 1. The van der Waals surface area contributed by atoms with Crippen LogP contribution in [0.2, 0.25) is 0 Å². The van der Waals surface area contributed by atoms with E-state index in [1.165, 1.54) is 18.2 Å². The number of hydrogen-bond acceptors (Lipinski definition) is 4. The number of nitro benzene ring substituents is 1. The highest BCUT2D eigenvalue weighted by Crippen LogP contribution is 2.19. The van der Waals surface area contributed by atoms with Gasteiger partial charge < -0.3 is 0 Å². The van der Waals surface area contributed by atoms with E-state index in [4.69, 9.17) is 11.8 Å². The molecule has 18 heavy (non-hydrogen) atoms. The average Bonchev–Trinajstić information content (AvgIpc) is 2.27. The molecule has 0 heterocycles. The van der Waals surface area contributed by atoms with Crippen molar-refractivity contribution in [1.82, 2.24) is 9.95 Å². The molecule has 98 valence electrons. The fourth-order valence-electron chi connectivity index (χ4n) is 1.14. The van der Waals surface area contributed by atoms with Crippen LogP contribution < -0.4 is 5.43 Å². The van der Waals surface area contributed by atoms with Gasteiger partial charge in [0.2, 0.25) is 0 Å². The fourth-order valence-corrected chi connectivity index (χ4v) is 1.22. The second kappa shape index (κ2) is 5.32. The van der Waals surface area contributed by atoms with Gasteiger partial charge in [-0.15, -0.1) is 4.53 Å². The molecule has 0 spiro atoms. The lowest BCUT2D eigenvalue weighted by Gasteiger charge is -2.28. The summed E-state index contributed by atoms with van der Waals surface area (Å²) in [5.41, 5.74) is 1.60. The second-order valence-corrected chi connectivity index (χ2v) is 5.00. The van der Waals surface area contributed by atoms with Crippen LogP contribution >= 0.6 is 11.8 Å². The van der Waals surface area contributed by atoms with Crippen molar-refractivity contribution in [2.75, 3.05) is 0 Å². The zero-order valence-corrected chi connectivity index (χ0v) is 11.1. The molecule has 0 saturated carbocycles. The van der Waals surface area contributed by atoms with Crippen molar-refractivity contribution >= 4 is 23.4 Å². The maximum Gasteiger partial charge on any atom is 0.282 e. The Morgan fingerprint density at radius 1 is 1.39 bits per heavy atom. The van der Waals surface area contributed by atoms with Gasteiger partial charge in [-0.2, -0.15) is 0 Å². The number of hydrazine groups is 1. The Balaban J connectivity index is 2.95. The van der Waals surface area contributed by atoms with Gasteiger partial charge in [0.25, 0.3) is 11.6 Å². The van der Waals surface area contributed by atoms with Crippen LogP contribution in [0.3, 0.4) is 0 Å². The van der Waals surface area contributed by atoms with Crippen LogP contribution in [-0.4, -0.2) is 20.9 Å². The quantitative estimate of drug-likeness (QED) is 0.521. The van der Waals surface area contributed by atoms with Crippen molar-refractivity contribution in [1.29, 1.82) is 0 Å². The van der Waals surface area contributed by atoms with Gasteiger partial charge in [0.1, 0.15) is 5.56 Å². The Kier molecular flexibility index (Phi) is 4.26. The molecule has 7 heteroatoms. The van der Waals surface area contributed by atoms with Gasteiger partial charge in [-0.25, -0.2) is 0 Å². The molecule has 1 N–H and O–H groups in total.